The Morgan fingerprint density at radius 3 is 2.45 bits per heavy atom. The van der Waals surface area contributed by atoms with Crippen LogP contribution in [0.15, 0.2) is 12.4 Å². The van der Waals surface area contributed by atoms with E-state index in [2.05, 4.69) is 31.2 Å². The highest BCUT2D eigenvalue weighted by Gasteiger charge is 2.36. The van der Waals surface area contributed by atoms with Crippen molar-refractivity contribution in [2.24, 2.45) is 24.3 Å². The SMILES string of the molecule is Cn1cc(C(NC(=O)[C@@H]2CC[C@H](C(=O)O)C2)C(C)(C)C)cn1. The molecule has 1 aliphatic carbocycles. The Hall–Kier alpha value is -1.85. The average Bonchev–Trinajstić information content (AvgIpc) is 3.02. The topological polar surface area (TPSA) is 84.2 Å². The molecule has 1 heterocycles. The molecule has 22 heavy (non-hydrogen) atoms. The van der Waals surface area contributed by atoms with Gasteiger partial charge in [0.05, 0.1) is 18.2 Å². The van der Waals surface area contributed by atoms with Gasteiger partial charge in [-0.25, -0.2) is 0 Å². The molecular weight excluding hydrogens is 282 g/mol. The number of nitrogens with zero attached hydrogens (tertiary/aromatic N) is 2. The monoisotopic (exact) mass is 307 g/mol. The Morgan fingerprint density at radius 2 is 2.00 bits per heavy atom. The molecule has 2 N–H and O–H groups in total. The Bertz CT molecular complexity index is 559. The molecule has 1 amide bonds. The van der Waals surface area contributed by atoms with Crippen molar-refractivity contribution < 1.29 is 14.7 Å². The van der Waals surface area contributed by atoms with Crippen LogP contribution in [0.1, 0.15) is 51.6 Å². The summed E-state index contributed by atoms with van der Waals surface area (Å²) in [6.45, 7) is 6.21. The molecule has 1 unspecified atom stereocenters. The van der Waals surface area contributed by atoms with Gasteiger partial charge in [-0.1, -0.05) is 20.8 Å². The van der Waals surface area contributed by atoms with Gasteiger partial charge in [0.2, 0.25) is 5.91 Å². The zero-order chi connectivity index (χ0) is 16.5. The van der Waals surface area contributed by atoms with Crippen LogP contribution in [0.25, 0.3) is 0 Å². The van der Waals surface area contributed by atoms with Crippen molar-refractivity contribution in [3.63, 3.8) is 0 Å². The number of amides is 1. The van der Waals surface area contributed by atoms with Gasteiger partial charge in [-0.3, -0.25) is 14.3 Å². The third-order valence-electron chi connectivity index (χ3n) is 4.36. The summed E-state index contributed by atoms with van der Waals surface area (Å²) in [5.74, 6) is -1.44. The lowest BCUT2D eigenvalue weighted by Crippen LogP contribution is -2.39. The van der Waals surface area contributed by atoms with Crippen molar-refractivity contribution >= 4 is 11.9 Å². The quantitative estimate of drug-likeness (QED) is 0.892. The zero-order valence-corrected chi connectivity index (χ0v) is 13.7. The lowest BCUT2D eigenvalue weighted by molar-refractivity contribution is -0.141. The van der Waals surface area contributed by atoms with E-state index in [4.69, 9.17) is 5.11 Å². The molecule has 0 bridgehead atoms. The molecule has 1 saturated carbocycles. The average molecular weight is 307 g/mol. The molecule has 1 fully saturated rings. The van der Waals surface area contributed by atoms with Gasteiger partial charge in [-0.05, 0) is 24.7 Å². The van der Waals surface area contributed by atoms with Crippen LogP contribution in [0.2, 0.25) is 0 Å². The molecule has 1 aromatic rings. The summed E-state index contributed by atoms with van der Waals surface area (Å²) in [4.78, 5) is 23.6. The molecule has 0 saturated heterocycles. The normalized spacial score (nSPS) is 23.3. The van der Waals surface area contributed by atoms with E-state index in [1.165, 1.54) is 0 Å². The van der Waals surface area contributed by atoms with E-state index in [1.807, 2.05) is 13.2 Å². The van der Waals surface area contributed by atoms with Crippen molar-refractivity contribution in [2.75, 3.05) is 0 Å². The number of carbonyl (C=O) groups excluding carboxylic acids is 1. The number of carboxylic acids is 1. The van der Waals surface area contributed by atoms with Gasteiger partial charge < -0.3 is 10.4 Å². The standard InChI is InChI=1S/C16H25N3O3/c1-16(2,3)13(12-8-17-19(4)9-12)18-14(20)10-5-6-11(7-10)15(21)22/h8-11,13H,5-7H2,1-4H3,(H,18,20)(H,21,22)/t10-,11+,13?/m1/s1. The number of hydrogen-bond donors (Lipinski definition) is 2. The highest BCUT2D eigenvalue weighted by molar-refractivity contribution is 5.81. The van der Waals surface area contributed by atoms with E-state index in [0.717, 1.165) is 5.56 Å². The van der Waals surface area contributed by atoms with E-state index < -0.39 is 5.97 Å². The third kappa shape index (κ3) is 3.67. The van der Waals surface area contributed by atoms with Crippen molar-refractivity contribution in [3.05, 3.63) is 18.0 Å². The number of rotatable bonds is 4. The molecule has 0 aromatic carbocycles. The zero-order valence-electron chi connectivity index (χ0n) is 13.7. The van der Waals surface area contributed by atoms with Crippen LogP contribution in [0, 0.1) is 17.3 Å². The van der Waals surface area contributed by atoms with Crippen LogP contribution in [0.4, 0.5) is 0 Å². The maximum absolute atomic E-state index is 12.5. The molecular formula is C16H25N3O3. The molecule has 3 atom stereocenters. The summed E-state index contributed by atoms with van der Waals surface area (Å²) in [7, 11) is 1.85. The molecule has 0 aliphatic heterocycles. The second-order valence-corrected chi connectivity index (χ2v) is 7.30. The number of aromatic nitrogens is 2. The molecule has 0 spiro atoms. The van der Waals surface area contributed by atoms with Crippen LogP contribution in [-0.2, 0) is 16.6 Å². The minimum absolute atomic E-state index is 0.0486. The fourth-order valence-corrected chi connectivity index (χ4v) is 3.09. The number of hydrogen-bond acceptors (Lipinski definition) is 3. The van der Waals surface area contributed by atoms with Crippen LogP contribution in [-0.4, -0.2) is 26.8 Å². The number of carboxylic acid groups (broad SMARTS) is 1. The van der Waals surface area contributed by atoms with Crippen molar-refractivity contribution in [2.45, 2.75) is 46.1 Å². The van der Waals surface area contributed by atoms with Gasteiger partial charge in [0.15, 0.2) is 0 Å². The minimum Gasteiger partial charge on any atom is -0.481 e. The predicted octanol–water partition coefficient (Wildman–Crippen LogP) is 2.12. The van der Waals surface area contributed by atoms with Crippen molar-refractivity contribution in [1.82, 2.24) is 15.1 Å². The minimum atomic E-state index is -0.796. The largest absolute Gasteiger partial charge is 0.481 e. The first-order chi connectivity index (χ1) is 10.2. The molecule has 2 rings (SSSR count). The summed E-state index contributed by atoms with van der Waals surface area (Å²) < 4.78 is 1.72. The first-order valence-electron chi connectivity index (χ1n) is 7.70. The Balaban J connectivity index is 2.08. The van der Waals surface area contributed by atoms with Gasteiger partial charge in [-0.2, -0.15) is 5.10 Å². The summed E-state index contributed by atoms with van der Waals surface area (Å²) in [5.41, 5.74) is 0.819. The van der Waals surface area contributed by atoms with E-state index in [0.29, 0.717) is 19.3 Å². The van der Waals surface area contributed by atoms with Crippen molar-refractivity contribution in [3.8, 4) is 0 Å². The lowest BCUT2D eigenvalue weighted by Gasteiger charge is -2.31. The molecule has 1 aliphatic rings. The van der Waals surface area contributed by atoms with E-state index >= 15 is 0 Å². The lowest BCUT2D eigenvalue weighted by atomic mass is 9.83. The van der Waals surface area contributed by atoms with Gasteiger partial charge in [0.1, 0.15) is 0 Å². The van der Waals surface area contributed by atoms with Gasteiger partial charge >= 0.3 is 5.97 Å². The second kappa shape index (κ2) is 6.10. The number of aryl methyl sites for hydroxylation is 1. The maximum atomic E-state index is 12.5. The maximum Gasteiger partial charge on any atom is 0.306 e. The van der Waals surface area contributed by atoms with Crippen LogP contribution < -0.4 is 5.32 Å². The predicted molar refractivity (Wildman–Crippen MR) is 82.0 cm³/mol. The highest BCUT2D eigenvalue weighted by atomic mass is 16.4. The first-order valence-corrected chi connectivity index (χ1v) is 7.70. The summed E-state index contributed by atoms with van der Waals surface area (Å²) in [6, 6.07) is -0.141. The van der Waals surface area contributed by atoms with Crippen LogP contribution >= 0.6 is 0 Å². The Kier molecular flexibility index (Phi) is 4.58. The number of aliphatic carboxylic acids is 1. The molecule has 6 nitrogen and oxygen atoms in total. The smallest absolute Gasteiger partial charge is 0.306 e. The molecule has 122 valence electrons. The summed E-state index contributed by atoms with van der Waals surface area (Å²) >= 11 is 0. The molecule has 1 aromatic heterocycles. The highest BCUT2D eigenvalue weighted by Crippen LogP contribution is 2.35. The first kappa shape index (κ1) is 16.5. The number of nitrogens with one attached hydrogen (secondary N) is 1. The van der Waals surface area contributed by atoms with Crippen LogP contribution in [0.5, 0.6) is 0 Å². The van der Waals surface area contributed by atoms with Gasteiger partial charge in [0, 0.05) is 24.7 Å². The van der Waals surface area contributed by atoms with Gasteiger partial charge in [0.25, 0.3) is 0 Å². The van der Waals surface area contributed by atoms with Crippen molar-refractivity contribution in [1.29, 1.82) is 0 Å². The molecule has 0 radical (unpaired) electrons. The fourth-order valence-electron chi connectivity index (χ4n) is 3.09. The summed E-state index contributed by atoms with van der Waals surface area (Å²) in [6.07, 6.45) is 5.34. The van der Waals surface area contributed by atoms with E-state index in [-0.39, 0.29) is 29.2 Å². The third-order valence-corrected chi connectivity index (χ3v) is 4.36. The molecule has 6 heteroatoms. The Morgan fingerprint density at radius 1 is 1.36 bits per heavy atom. The van der Waals surface area contributed by atoms with E-state index in [1.54, 1.807) is 10.9 Å². The fraction of sp³-hybridized carbons (Fsp3) is 0.688. The van der Waals surface area contributed by atoms with Gasteiger partial charge in [-0.15, -0.1) is 0 Å². The summed E-state index contributed by atoms with van der Waals surface area (Å²) in [5, 5.41) is 16.3. The van der Waals surface area contributed by atoms with Crippen LogP contribution in [0.3, 0.4) is 0 Å². The van der Waals surface area contributed by atoms with E-state index in [9.17, 15) is 9.59 Å². The number of carbonyl (C=O) groups is 2. The Labute approximate surface area is 130 Å². The second-order valence-electron chi connectivity index (χ2n) is 7.30.